The van der Waals surface area contributed by atoms with Crippen LogP contribution < -0.4 is 10.3 Å². The van der Waals surface area contributed by atoms with E-state index in [0.717, 1.165) is 6.42 Å². The zero-order chi connectivity index (χ0) is 21.5. The van der Waals surface area contributed by atoms with E-state index < -0.39 is 15.8 Å². The molecular formula is C21H24FN3O4S. The number of fused-ring (bicyclic) bond motifs is 4. The van der Waals surface area contributed by atoms with E-state index in [9.17, 15) is 22.4 Å². The summed E-state index contributed by atoms with van der Waals surface area (Å²) in [6, 6.07) is 8.34. The van der Waals surface area contributed by atoms with E-state index in [2.05, 4.69) is 4.72 Å². The molecule has 1 aromatic heterocycles. The van der Waals surface area contributed by atoms with E-state index in [1.165, 1.54) is 36.4 Å². The van der Waals surface area contributed by atoms with Crippen molar-refractivity contribution in [3.63, 3.8) is 0 Å². The molecule has 9 heteroatoms. The average molecular weight is 434 g/mol. The number of carbonyl (C=O) groups is 1. The molecule has 0 saturated carbocycles. The summed E-state index contributed by atoms with van der Waals surface area (Å²) in [6.45, 7) is 3.10. The molecule has 0 unspecified atom stereocenters. The van der Waals surface area contributed by atoms with Crippen molar-refractivity contribution in [3.8, 4) is 0 Å². The van der Waals surface area contributed by atoms with Crippen LogP contribution in [0.1, 0.15) is 41.7 Å². The summed E-state index contributed by atoms with van der Waals surface area (Å²) in [5.41, 5.74) is 1.28. The van der Waals surface area contributed by atoms with E-state index in [4.69, 9.17) is 0 Å². The molecule has 1 fully saturated rings. The van der Waals surface area contributed by atoms with E-state index in [0.29, 0.717) is 43.0 Å². The number of benzene rings is 1. The summed E-state index contributed by atoms with van der Waals surface area (Å²) in [7, 11) is -3.52. The van der Waals surface area contributed by atoms with Crippen LogP contribution in [0, 0.1) is 11.7 Å². The molecule has 0 radical (unpaired) electrons. The Morgan fingerprint density at radius 2 is 1.87 bits per heavy atom. The van der Waals surface area contributed by atoms with Gasteiger partial charge in [-0.2, -0.15) is 0 Å². The number of piperidine rings is 1. The van der Waals surface area contributed by atoms with Crippen molar-refractivity contribution in [1.82, 2.24) is 9.47 Å². The lowest BCUT2D eigenvalue weighted by atomic mass is 9.82. The first-order valence-electron chi connectivity index (χ1n) is 10.1. The largest absolute Gasteiger partial charge is 0.338 e. The number of hydrogen-bond acceptors (Lipinski definition) is 4. The number of sulfonamides is 1. The number of hydrogen-bond donors (Lipinski definition) is 1. The van der Waals surface area contributed by atoms with E-state index in [1.54, 1.807) is 16.4 Å². The highest BCUT2D eigenvalue weighted by molar-refractivity contribution is 7.92. The van der Waals surface area contributed by atoms with E-state index >= 15 is 0 Å². The second-order valence-corrected chi connectivity index (χ2v) is 9.86. The zero-order valence-corrected chi connectivity index (χ0v) is 17.5. The van der Waals surface area contributed by atoms with Crippen LogP contribution in [0.25, 0.3) is 0 Å². The lowest BCUT2D eigenvalue weighted by Crippen LogP contribution is -2.49. The van der Waals surface area contributed by atoms with Gasteiger partial charge in [-0.3, -0.25) is 14.3 Å². The Bertz CT molecular complexity index is 1130. The van der Waals surface area contributed by atoms with Crippen LogP contribution in [-0.2, 0) is 16.6 Å². The number of likely N-dealkylation sites (tertiary alicyclic amines) is 1. The van der Waals surface area contributed by atoms with Gasteiger partial charge >= 0.3 is 0 Å². The van der Waals surface area contributed by atoms with Gasteiger partial charge in [0.15, 0.2) is 0 Å². The first-order chi connectivity index (χ1) is 14.3. The molecule has 2 aliphatic heterocycles. The monoisotopic (exact) mass is 433 g/mol. The van der Waals surface area contributed by atoms with Crippen LogP contribution in [0.4, 0.5) is 10.1 Å². The number of aromatic nitrogens is 1. The van der Waals surface area contributed by atoms with Crippen LogP contribution in [0.2, 0.25) is 0 Å². The molecule has 4 rings (SSSR count). The van der Waals surface area contributed by atoms with Crippen LogP contribution in [-0.4, -0.2) is 42.6 Å². The highest BCUT2D eigenvalue weighted by Crippen LogP contribution is 2.39. The summed E-state index contributed by atoms with van der Waals surface area (Å²) >= 11 is 0. The normalized spacial score (nSPS) is 20.5. The van der Waals surface area contributed by atoms with Gasteiger partial charge in [0.1, 0.15) is 5.82 Å². The highest BCUT2D eigenvalue weighted by atomic mass is 32.2. The fraction of sp³-hybridized carbons (Fsp3) is 0.429. The average Bonchev–Trinajstić information content (AvgIpc) is 2.69. The zero-order valence-electron chi connectivity index (χ0n) is 16.7. The standard InChI is InChI=1S/C21H24FN3O4S/c1-2-9-30(28,29)23-18-7-8-19(26)25-12-14-10-16(20(18)25)13-24(11-14)21(27)15-3-5-17(22)6-4-15/h3-8,14,16,23H,2,9-13H2,1H3/t14-,16+/m0/s1. The van der Waals surface area contributed by atoms with E-state index in [1.807, 2.05) is 0 Å². The van der Waals surface area contributed by atoms with Gasteiger partial charge in [-0.05, 0) is 49.1 Å². The Kier molecular flexibility index (Phi) is 5.40. The second kappa shape index (κ2) is 7.86. The maximum Gasteiger partial charge on any atom is 0.253 e. The number of rotatable bonds is 5. The molecule has 1 N–H and O–H groups in total. The topological polar surface area (TPSA) is 88.5 Å². The molecule has 3 heterocycles. The van der Waals surface area contributed by atoms with Crippen molar-refractivity contribution in [2.75, 3.05) is 23.6 Å². The third kappa shape index (κ3) is 3.98. The number of pyridine rings is 1. The molecule has 2 atom stereocenters. The summed E-state index contributed by atoms with van der Waals surface area (Å²) in [4.78, 5) is 27.1. The highest BCUT2D eigenvalue weighted by Gasteiger charge is 2.38. The van der Waals surface area contributed by atoms with Crippen molar-refractivity contribution in [2.24, 2.45) is 5.92 Å². The number of amides is 1. The predicted molar refractivity (Wildman–Crippen MR) is 112 cm³/mol. The quantitative estimate of drug-likeness (QED) is 0.784. The molecule has 0 aliphatic carbocycles. The van der Waals surface area contributed by atoms with Crippen molar-refractivity contribution >= 4 is 21.6 Å². The SMILES string of the molecule is CCCS(=O)(=O)Nc1ccc(=O)n2c1[C@@H]1C[C@@H](CN(C(=O)c3ccc(F)cc3)C1)C2. The van der Waals surface area contributed by atoms with Gasteiger partial charge in [0.05, 0.1) is 17.1 Å². The molecule has 160 valence electrons. The number of anilines is 1. The van der Waals surface area contributed by atoms with Crippen molar-refractivity contribution in [1.29, 1.82) is 0 Å². The second-order valence-electron chi connectivity index (χ2n) is 8.02. The number of nitrogens with one attached hydrogen (secondary N) is 1. The van der Waals surface area contributed by atoms with Crippen LogP contribution in [0.5, 0.6) is 0 Å². The van der Waals surface area contributed by atoms with Crippen molar-refractivity contribution < 1.29 is 17.6 Å². The Labute approximate surface area is 174 Å². The van der Waals surface area contributed by atoms with Crippen LogP contribution in [0.3, 0.4) is 0 Å². The van der Waals surface area contributed by atoms with Crippen molar-refractivity contribution in [3.05, 3.63) is 63.8 Å². The van der Waals surface area contributed by atoms with Crippen LogP contribution >= 0.6 is 0 Å². The minimum Gasteiger partial charge on any atom is -0.338 e. The molecule has 2 aromatic rings. The van der Waals surface area contributed by atoms with Gasteiger partial charge in [0.2, 0.25) is 10.0 Å². The van der Waals surface area contributed by atoms with Gasteiger partial charge in [0.25, 0.3) is 11.5 Å². The first-order valence-corrected chi connectivity index (χ1v) is 11.7. The predicted octanol–water partition coefficient (Wildman–Crippen LogP) is 2.40. The number of halogens is 1. The van der Waals surface area contributed by atoms with Gasteiger partial charge in [-0.15, -0.1) is 0 Å². The Balaban J connectivity index is 1.66. The Hall–Kier alpha value is -2.68. The molecule has 30 heavy (non-hydrogen) atoms. The van der Waals surface area contributed by atoms with Crippen molar-refractivity contribution in [2.45, 2.75) is 32.2 Å². The maximum atomic E-state index is 13.2. The molecule has 2 aliphatic rings. The van der Waals surface area contributed by atoms with E-state index in [-0.39, 0.29) is 29.1 Å². The minimum absolute atomic E-state index is 0.00592. The smallest absolute Gasteiger partial charge is 0.253 e. The molecule has 2 bridgehead atoms. The van der Waals surface area contributed by atoms with Gasteiger partial charge in [-0.25, -0.2) is 12.8 Å². The minimum atomic E-state index is -3.52. The third-order valence-electron chi connectivity index (χ3n) is 5.71. The molecule has 1 saturated heterocycles. The molecule has 1 amide bonds. The number of carbonyl (C=O) groups excluding carboxylic acids is 1. The first kappa shape index (κ1) is 20.6. The lowest BCUT2D eigenvalue weighted by Gasteiger charge is -2.43. The summed E-state index contributed by atoms with van der Waals surface area (Å²) in [6.07, 6.45) is 1.26. The molecule has 1 aromatic carbocycles. The fourth-order valence-electron chi connectivity index (χ4n) is 4.53. The lowest BCUT2D eigenvalue weighted by molar-refractivity contribution is 0.0595. The molecular weight excluding hydrogens is 409 g/mol. The van der Waals surface area contributed by atoms with Gasteiger partial charge < -0.3 is 9.47 Å². The van der Waals surface area contributed by atoms with Crippen LogP contribution in [0.15, 0.2) is 41.2 Å². The Morgan fingerprint density at radius 3 is 2.57 bits per heavy atom. The molecule has 7 nitrogen and oxygen atoms in total. The van der Waals surface area contributed by atoms with Gasteiger partial charge in [0, 0.05) is 37.2 Å². The Morgan fingerprint density at radius 1 is 1.13 bits per heavy atom. The summed E-state index contributed by atoms with van der Waals surface area (Å²) in [5, 5.41) is 0. The summed E-state index contributed by atoms with van der Waals surface area (Å²) in [5.74, 6) is -0.659. The fourth-order valence-corrected chi connectivity index (χ4v) is 5.68. The maximum absolute atomic E-state index is 13.2. The summed E-state index contributed by atoms with van der Waals surface area (Å²) < 4.78 is 42.1. The van der Waals surface area contributed by atoms with Gasteiger partial charge in [-0.1, -0.05) is 6.92 Å². The third-order valence-corrected chi connectivity index (χ3v) is 7.18. The molecule has 0 spiro atoms. The number of nitrogens with zero attached hydrogens (tertiary/aromatic N) is 2.